The van der Waals surface area contributed by atoms with Gasteiger partial charge in [-0.3, -0.25) is 14.7 Å². The van der Waals surface area contributed by atoms with Crippen molar-refractivity contribution < 1.29 is 14.3 Å². The zero-order valence-electron chi connectivity index (χ0n) is 13.4. The summed E-state index contributed by atoms with van der Waals surface area (Å²) in [5.41, 5.74) is 1.37. The van der Waals surface area contributed by atoms with Crippen LogP contribution in [0.3, 0.4) is 0 Å². The van der Waals surface area contributed by atoms with Crippen LogP contribution in [-0.4, -0.2) is 33.5 Å². The molecule has 0 saturated carbocycles. The second-order valence-corrected chi connectivity index (χ2v) is 6.15. The highest BCUT2D eigenvalue weighted by Gasteiger charge is 2.35. The van der Waals surface area contributed by atoms with Crippen LogP contribution in [0.15, 0.2) is 48.7 Å². The van der Waals surface area contributed by atoms with Crippen LogP contribution in [0.2, 0.25) is 0 Å². The van der Waals surface area contributed by atoms with Crippen LogP contribution in [0, 0.1) is 5.82 Å². The van der Waals surface area contributed by atoms with E-state index in [-0.39, 0.29) is 11.9 Å². The number of hydrogen-bond donors (Lipinski definition) is 1. The zero-order chi connectivity index (χ0) is 16.9. The Morgan fingerprint density at radius 2 is 2.04 bits per heavy atom. The van der Waals surface area contributed by atoms with Crippen LogP contribution >= 0.6 is 0 Å². The Balaban J connectivity index is 1.97. The Hall–Kier alpha value is -2.27. The average molecular weight is 328 g/mol. The molecule has 1 N–H and O–H groups in total. The van der Waals surface area contributed by atoms with E-state index in [0.29, 0.717) is 24.9 Å². The summed E-state index contributed by atoms with van der Waals surface area (Å²) in [4.78, 5) is 18.0. The summed E-state index contributed by atoms with van der Waals surface area (Å²) in [5, 5.41) is 9.59. The fourth-order valence-electron chi connectivity index (χ4n) is 3.46. The largest absolute Gasteiger partial charge is 0.480 e. The van der Waals surface area contributed by atoms with Gasteiger partial charge in [0.15, 0.2) is 0 Å². The molecule has 1 aliphatic heterocycles. The summed E-state index contributed by atoms with van der Waals surface area (Å²) >= 11 is 0. The van der Waals surface area contributed by atoms with Gasteiger partial charge in [0, 0.05) is 29.9 Å². The van der Waals surface area contributed by atoms with Gasteiger partial charge < -0.3 is 5.11 Å². The van der Waals surface area contributed by atoms with Gasteiger partial charge in [0.2, 0.25) is 0 Å². The molecule has 2 heterocycles. The zero-order valence-corrected chi connectivity index (χ0v) is 13.4. The summed E-state index contributed by atoms with van der Waals surface area (Å²) in [7, 11) is 0. The van der Waals surface area contributed by atoms with Gasteiger partial charge >= 0.3 is 5.97 Å². The molecule has 0 bridgehead atoms. The van der Waals surface area contributed by atoms with E-state index in [0.717, 1.165) is 18.5 Å². The molecule has 1 aliphatic rings. The number of aromatic nitrogens is 1. The van der Waals surface area contributed by atoms with Gasteiger partial charge in [-0.05, 0) is 37.6 Å². The predicted molar refractivity (Wildman–Crippen MR) is 89.1 cm³/mol. The third-order valence-electron chi connectivity index (χ3n) is 4.62. The number of carboxylic acid groups (broad SMARTS) is 1. The number of rotatable bonds is 5. The molecule has 2 aromatic rings. The van der Waals surface area contributed by atoms with Gasteiger partial charge in [0.1, 0.15) is 11.9 Å². The molecule has 1 aromatic heterocycles. The van der Waals surface area contributed by atoms with Gasteiger partial charge in [0.25, 0.3) is 0 Å². The molecule has 24 heavy (non-hydrogen) atoms. The van der Waals surface area contributed by atoms with Crippen molar-refractivity contribution in [2.24, 2.45) is 0 Å². The fraction of sp³-hybridized carbons (Fsp3) is 0.368. The molecule has 126 valence electrons. The van der Waals surface area contributed by atoms with Gasteiger partial charge in [-0.2, -0.15) is 0 Å². The highest BCUT2D eigenvalue weighted by molar-refractivity contribution is 5.73. The first-order valence-electron chi connectivity index (χ1n) is 8.29. The Kier molecular flexibility index (Phi) is 5.20. The number of aliphatic carboxylic acids is 1. The Labute approximate surface area is 141 Å². The van der Waals surface area contributed by atoms with E-state index in [1.807, 2.05) is 23.1 Å². The van der Waals surface area contributed by atoms with E-state index >= 15 is 0 Å². The number of carbonyl (C=O) groups is 1. The van der Waals surface area contributed by atoms with Gasteiger partial charge in [-0.15, -0.1) is 0 Å². The minimum Gasteiger partial charge on any atom is -0.480 e. The van der Waals surface area contributed by atoms with Crippen molar-refractivity contribution in [3.63, 3.8) is 0 Å². The van der Waals surface area contributed by atoms with Crippen molar-refractivity contribution in [3.8, 4) is 0 Å². The van der Waals surface area contributed by atoms with E-state index in [1.165, 1.54) is 6.07 Å². The third kappa shape index (κ3) is 3.62. The second-order valence-electron chi connectivity index (χ2n) is 6.15. The van der Waals surface area contributed by atoms with Crippen LogP contribution in [-0.2, 0) is 11.2 Å². The van der Waals surface area contributed by atoms with E-state index in [4.69, 9.17) is 0 Å². The number of benzene rings is 1. The molecule has 0 radical (unpaired) electrons. The van der Waals surface area contributed by atoms with Crippen LogP contribution in [0.1, 0.15) is 36.6 Å². The summed E-state index contributed by atoms with van der Waals surface area (Å²) < 4.78 is 14.4. The molecule has 0 spiro atoms. The second kappa shape index (κ2) is 7.53. The first-order valence-corrected chi connectivity index (χ1v) is 8.29. The van der Waals surface area contributed by atoms with Gasteiger partial charge in [0.05, 0.1) is 0 Å². The van der Waals surface area contributed by atoms with Gasteiger partial charge in [-0.25, -0.2) is 4.39 Å². The van der Waals surface area contributed by atoms with Crippen molar-refractivity contribution in [2.75, 3.05) is 6.54 Å². The molecular formula is C19H21FN2O2. The molecule has 1 saturated heterocycles. The van der Waals surface area contributed by atoms with E-state index in [9.17, 15) is 14.3 Å². The first kappa shape index (κ1) is 16.6. The standard InChI is InChI=1S/C19H21FN2O2/c20-16-9-2-1-8-15(16)18(13-14-7-3-5-11-21-14)22-12-6-4-10-17(22)19(23)24/h1-3,5,7-9,11,17-18H,4,6,10,12-13H2,(H,23,24). The van der Waals surface area contributed by atoms with Crippen LogP contribution in [0.25, 0.3) is 0 Å². The quantitative estimate of drug-likeness (QED) is 0.913. The normalized spacial score (nSPS) is 19.8. The molecule has 3 rings (SSSR count). The van der Waals surface area contributed by atoms with Crippen molar-refractivity contribution in [1.29, 1.82) is 0 Å². The summed E-state index contributed by atoms with van der Waals surface area (Å²) in [6.45, 7) is 0.656. The highest BCUT2D eigenvalue weighted by atomic mass is 19.1. The topological polar surface area (TPSA) is 53.4 Å². The van der Waals surface area contributed by atoms with E-state index in [2.05, 4.69) is 4.98 Å². The molecule has 0 aliphatic carbocycles. The highest BCUT2D eigenvalue weighted by Crippen LogP contribution is 2.32. The number of nitrogens with zero attached hydrogens (tertiary/aromatic N) is 2. The van der Waals surface area contributed by atoms with E-state index < -0.39 is 12.0 Å². The maximum atomic E-state index is 14.4. The summed E-state index contributed by atoms with van der Waals surface area (Å²) in [5.74, 6) is -1.13. The lowest BCUT2D eigenvalue weighted by Crippen LogP contribution is -2.47. The molecule has 2 atom stereocenters. The van der Waals surface area contributed by atoms with Crippen molar-refractivity contribution in [1.82, 2.24) is 9.88 Å². The minimum atomic E-state index is -0.836. The Bertz CT molecular complexity index is 693. The molecule has 4 nitrogen and oxygen atoms in total. The minimum absolute atomic E-state index is 0.298. The lowest BCUT2D eigenvalue weighted by Gasteiger charge is -2.39. The number of likely N-dealkylation sites (tertiary alicyclic amines) is 1. The number of piperidine rings is 1. The third-order valence-corrected chi connectivity index (χ3v) is 4.62. The monoisotopic (exact) mass is 328 g/mol. The number of carboxylic acids is 1. The molecule has 0 amide bonds. The lowest BCUT2D eigenvalue weighted by molar-refractivity contribution is -0.146. The smallest absolute Gasteiger partial charge is 0.320 e. The summed E-state index contributed by atoms with van der Waals surface area (Å²) in [6.07, 6.45) is 4.62. The van der Waals surface area contributed by atoms with Crippen LogP contribution < -0.4 is 0 Å². The Morgan fingerprint density at radius 1 is 1.25 bits per heavy atom. The Morgan fingerprint density at radius 3 is 2.75 bits per heavy atom. The van der Waals surface area contributed by atoms with Gasteiger partial charge in [-0.1, -0.05) is 30.7 Å². The maximum absolute atomic E-state index is 14.4. The van der Waals surface area contributed by atoms with Crippen molar-refractivity contribution in [2.45, 2.75) is 37.8 Å². The summed E-state index contributed by atoms with van der Waals surface area (Å²) in [6, 6.07) is 11.3. The van der Waals surface area contributed by atoms with E-state index in [1.54, 1.807) is 24.4 Å². The molecular weight excluding hydrogens is 307 g/mol. The SMILES string of the molecule is O=C(O)C1CCCCN1C(Cc1ccccn1)c1ccccc1F. The predicted octanol–water partition coefficient (Wildman–Crippen LogP) is 3.44. The fourth-order valence-corrected chi connectivity index (χ4v) is 3.46. The van der Waals surface area contributed by atoms with Crippen LogP contribution in [0.5, 0.6) is 0 Å². The molecule has 1 fully saturated rings. The number of pyridine rings is 1. The van der Waals surface area contributed by atoms with Crippen LogP contribution in [0.4, 0.5) is 4.39 Å². The molecule has 1 aromatic carbocycles. The van der Waals surface area contributed by atoms with Crippen molar-refractivity contribution in [3.05, 3.63) is 65.7 Å². The first-order chi connectivity index (χ1) is 11.7. The average Bonchev–Trinajstić information content (AvgIpc) is 2.61. The maximum Gasteiger partial charge on any atom is 0.320 e. The van der Waals surface area contributed by atoms with Crippen molar-refractivity contribution >= 4 is 5.97 Å². The number of halogens is 1. The molecule has 2 unspecified atom stereocenters. The molecule has 5 heteroatoms. The lowest BCUT2D eigenvalue weighted by atomic mass is 9.93. The number of hydrogen-bond acceptors (Lipinski definition) is 3.